The maximum atomic E-state index is 14.1. The summed E-state index contributed by atoms with van der Waals surface area (Å²) in [6.45, 7) is 6.08. The van der Waals surface area contributed by atoms with Gasteiger partial charge in [0.2, 0.25) is 11.8 Å². The van der Waals surface area contributed by atoms with Gasteiger partial charge in [-0.3, -0.25) is 4.79 Å². The molecule has 1 aromatic heterocycles. The summed E-state index contributed by atoms with van der Waals surface area (Å²) in [4.78, 5) is 37.4. The van der Waals surface area contributed by atoms with Crippen molar-refractivity contribution in [1.82, 2.24) is 14.9 Å². The number of ether oxygens (including phenoxy) is 2. The SMILES string of the molecule is COc1cc(NC2C(c3ccccc3)N(C(=O)C3CCCCC3)C(C(=O)O)C2C(C)(C)C)nc(OC)n1. The van der Waals surface area contributed by atoms with Gasteiger partial charge in [0.15, 0.2) is 0 Å². The van der Waals surface area contributed by atoms with Gasteiger partial charge in [-0.15, -0.1) is 0 Å². The van der Waals surface area contributed by atoms with Crippen molar-refractivity contribution in [3.63, 3.8) is 0 Å². The summed E-state index contributed by atoms with van der Waals surface area (Å²) < 4.78 is 10.6. The van der Waals surface area contributed by atoms with Gasteiger partial charge in [-0.1, -0.05) is 70.4 Å². The Kier molecular flexibility index (Phi) is 7.90. The monoisotopic (exact) mass is 510 g/mol. The van der Waals surface area contributed by atoms with Crippen LogP contribution in [0.4, 0.5) is 5.82 Å². The van der Waals surface area contributed by atoms with Crippen LogP contribution in [0.25, 0.3) is 0 Å². The van der Waals surface area contributed by atoms with E-state index in [1.54, 1.807) is 11.0 Å². The fourth-order valence-corrected chi connectivity index (χ4v) is 6.06. The van der Waals surface area contributed by atoms with E-state index in [2.05, 4.69) is 15.3 Å². The zero-order chi connectivity index (χ0) is 26.7. The summed E-state index contributed by atoms with van der Waals surface area (Å²) in [5.74, 6) is -0.888. The van der Waals surface area contributed by atoms with Crippen LogP contribution in [0.1, 0.15) is 64.5 Å². The van der Waals surface area contributed by atoms with Crippen molar-refractivity contribution in [2.24, 2.45) is 17.3 Å². The van der Waals surface area contributed by atoms with Gasteiger partial charge >= 0.3 is 12.0 Å². The molecule has 9 heteroatoms. The topological polar surface area (TPSA) is 114 Å². The molecule has 1 aromatic carbocycles. The van der Waals surface area contributed by atoms with Crippen molar-refractivity contribution < 1.29 is 24.2 Å². The lowest BCUT2D eigenvalue weighted by Gasteiger charge is -2.36. The molecule has 1 saturated heterocycles. The first-order valence-corrected chi connectivity index (χ1v) is 13.0. The highest BCUT2D eigenvalue weighted by Crippen LogP contribution is 2.50. The lowest BCUT2D eigenvalue weighted by atomic mass is 9.72. The van der Waals surface area contributed by atoms with E-state index in [0.717, 1.165) is 37.7 Å². The molecule has 0 spiro atoms. The van der Waals surface area contributed by atoms with Gasteiger partial charge in [0.25, 0.3) is 0 Å². The first kappa shape index (κ1) is 26.7. The number of carboxylic acids is 1. The second kappa shape index (κ2) is 10.9. The van der Waals surface area contributed by atoms with E-state index in [1.165, 1.54) is 14.2 Å². The van der Waals surface area contributed by atoms with Crippen LogP contribution in [-0.2, 0) is 9.59 Å². The number of aliphatic carboxylic acids is 1. The second-order valence-electron chi connectivity index (χ2n) is 11.1. The summed E-state index contributed by atoms with van der Waals surface area (Å²) in [5, 5.41) is 14.1. The first-order valence-electron chi connectivity index (χ1n) is 13.0. The van der Waals surface area contributed by atoms with Gasteiger partial charge in [0.1, 0.15) is 11.9 Å². The van der Waals surface area contributed by atoms with Crippen LogP contribution in [0.3, 0.4) is 0 Å². The largest absolute Gasteiger partial charge is 0.481 e. The fraction of sp³-hybridized carbons (Fsp3) is 0.571. The minimum Gasteiger partial charge on any atom is -0.481 e. The molecule has 0 bridgehead atoms. The molecule has 9 nitrogen and oxygen atoms in total. The van der Waals surface area contributed by atoms with Gasteiger partial charge in [0.05, 0.1) is 26.3 Å². The first-order chi connectivity index (χ1) is 17.7. The minimum atomic E-state index is -0.997. The van der Waals surface area contributed by atoms with Crippen LogP contribution in [0, 0.1) is 17.3 Å². The van der Waals surface area contributed by atoms with E-state index in [4.69, 9.17) is 9.47 Å². The Morgan fingerprint density at radius 1 is 1.03 bits per heavy atom. The number of amides is 1. The molecule has 1 saturated carbocycles. The molecule has 1 aliphatic carbocycles. The normalized spacial score (nSPS) is 24.5. The number of likely N-dealkylation sites (tertiary alicyclic amines) is 1. The number of hydrogen-bond donors (Lipinski definition) is 2. The molecular formula is C28H38N4O5. The molecule has 200 valence electrons. The molecule has 4 atom stereocenters. The number of nitrogens with zero attached hydrogens (tertiary/aromatic N) is 3. The summed E-state index contributed by atoms with van der Waals surface area (Å²) >= 11 is 0. The van der Waals surface area contributed by atoms with Crippen molar-refractivity contribution in [3.8, 4) is 11.9 Å². The van der Waals surface area contributed by atoms with Gasteiger partial charge < -0.3 is 24.8 Å². The number of methoxy groups -OCH3 is 2. The number of benzene rings is 1. The number of hydrogen-bond acceptors (Lipinski definition) is 7. The van der Waals surface area contributed by atoms with Crippen LogP contribution >= 0.6 is 0 Å². The summed E-state index contributed by atoms with van der Waals surface area (Å²) in [5.41, 5.74) is 0.437. The van der Waals surface area contributed by atoms with Crippen molar-refractivity contribution in [2.75, 3.05) is 19.5 Å². The molecule has 2 N–H and O–H groups in total. The Labute approximate surface area is 218 Å². The number of anilines is 1. The smallest absolute Gasteiger partial charge is 0.326 e. The molecular weight excluding hydrogens is 472 g/mol. The van der Waals surface area contributed by atoms with Gasteiger partial charge in [-0.2, -0.15) is 9.97 Å². The van der Waals surface area contributed by atoms with Crippen LogP contribution in [0.5, 0.6) is 11.9 Å². The summed E-state index contributed by atoms with van der Waals surface area (Å²) in [7, 11) is 2.99. The third-order valence-electron chi connectivity index (χ3n) is 7.66. The third kappa shape index (κ3) is 5.50. The maximum absolute atomic E-state index is 14.1. The Balaban J connectivity index is 1.87. The molecule has 2 aliphatic rings. The Morgan fingerprint density at radius 3 is 2.27 bits per heavy atom. The number of carboxylic acid groups (broad SMARTS) is 1. The Bertz CT molecular complexity index is 1080. The summed E-state index contributed by atoms with van der Waals surface area (Å²) in [6, 6.07) is 9.54. The van der Waals surface area contributed by atoms with E-state index in [9.17, 15) is 14.7 Å². The zero-order valence-corrected chi connectivity index (χ0v) is 22.3. The average Bonchev–Trinajstić information content (AvgIpc) is 3.24. The third-order valence-corrected chi connectivity index (χ3v) is 7.66. The maximum Gasteiger partial charge on any atom is 0.326 e. The lowest BCUT2D eigenvalue weighted by Crippen LogP contribution is -2.49. The van der Waals surface area contributed by atoms with Gasteiger partial charge in [-0.05, 0) is 23.8 Å². The van der Waals surface area contributed by atoms with E-state index in [1.807, 2.05) is 51.1 Å². The minimum absolute atomic E-state index is 0.0719. The number of nitrogens with one attached hydrogen (secondary N) is 1. The molecule has 37 heavy (non-hydrogen) atoms. The highest BCUT2D eigenvalue weighted by molar-refractivity contribution is 5.87. The van der Waals surface area contributed by atoms with Crippen LogP contribution < -0.4 is 14.8 Å². The average molecular weight is 511 g/mol. The van der Waals surface area contributed by atoms with Crippen LogP contribution in [0.2, 0.25) is 0 Å². The second-order valence-corrected chi connectivity index (χ2v) is 11.1. The van der Waals surface area contributed by atoms with Crippen molar-refractivity contribution in [2.45, 2.75) is 71.0 Å². The van der Waals surface area contributed by atoms with E-state index < -0.39 is 35.4 Å². The lowest BCUT2D eigenvalue weighted by molar-refractivity contribution is -0.154. The number of aromatic nitrogens is 2. The number of carbonyl (C=O) groups is 2. The molecule has 2 fully saturated rings. The molecule has 1 amide bonds. The van der Waals surface area contributed by atoms with Crippen molar-refractivity contribution >= 4 is 17.7 Å². The van der Waals surface area contributed by atoms with E-state index in [0.29, 0.717) is 11.7 Å². The van der Waals surface area contributed by atoms with Crippen LogP contribution in [-0.4, -0.2) is 58.2 Å². The number of rotatable bonds is 7. The van der Waals surface area contributed by atoms with E-state index >= 15 is 0 Å². The van der Waals surface area contributed by atoms with Crippen molar-refractivity contribution in [3.05, 3.63) is 42.0 Å². The quantitative estimate of drug-likeness (QED) is 0.558. The summed E-state index contributed by atoms with van der Waals surface area (Å²) in [6.07, 6.45) is 4.68. The molecule has 2 aromatic rings. The highest BCUT2D eigenvalue weighted by Gasteiger charge is 2.58. The Hall–Kier alpha value is -3.36. The predicted molar refractivity (Wildman–Crippen MR) is 140 cm³/mol. The Morgan fingerprint density at radius 2 is 1.70 bits per heavy atom. The predicted octanol–water partition coefficient (Wildman–Crippen LogP) is 4.55. The van der Waals surface area contributed by atoms with Crippen LogP contribution in [0.15, 0.2) is 36.4 Å². The van der Waals surface area contributed by atoms with E-state index in [-0.39, 0.29) is 17.8 Å². The zero-order valence-electron chi connectivity index (χ0n) is 22.3. The highest BCUT2D eigenvalue weighted by atomic mass is 16.5. The molecule has 1 aliphatic heterocycles. The molecule has 4 unspecified atom stereocenters. The molecule has 4 rings (SSSR count). The van der Waals surface area contributed by atoms with Gasteiger partial charge in [-0.25, -0.2) is 4.79 Å². The standard InChI is InChI=1S/C28H38N4O5/c1-28(2,3)21-22(29-19-16-20(36-4)31-27(30-19)37-5)23(17-12-8-6-9-13-17)32(24(21)26(34)35)25(33)18-14-10-7-11-15-18/h6,8-9,12-13,16,18,21-24H,7,10-11,14-15H2,1-5H3,(H,34,35)(H,29,30,31). The fourth-order valence-electron chi connectivity index (χ4n) is 6.06. The number of carbonyl (C=O) groups excluding carboxylic acids is 1. The van der Waals surface area contributed by atoms with Crippen molar-refractivity contribution in [1.29, 1.82) is 0 Å². The molecule has 2 heterocycles. The molecule has 0 radical (unpaired) electrons. The van der Waals surface area contributed by atoms with Gasteiger partial charge in [0, 0.05) is 17.9 Å².